The van der Waals surface area contributed by atoms with E-state index in [4.69, 9.17) is 14.5 Å². The van der Waals surface area contributed by atoms with Crippen molar-refractivity contribution in [1.82, 2.24) is 0 Å². The Bertz CT molecular complexity index is 1200. The van der Waals surface area contributed by atoms with Gasteiger partial charge in [-0.05, 0) is 66.2 Å². The topological polar surface area (TPSA) is 30.8 Å². The normalized spacial score (nSPS) is 13.9. The summed E-state index contributed by atoms with van der Waals surface area (Å²) in [7, 11) is 2.27. The number of aryl methyl sites for hydroxylation is 2. The third-order valence-electron chi connectivity index (χ3n) is 7.04. The van der Waals surface area contributed by atoms with Crippen LogP contribution in [0.5, 0.6) is 5.75 Å². The number of rotatable bonds is 11. The molecule has 37 heavy (non-hydrogen) atoms. The Balaban J connectivity index is 2.20. The molecule has 3 aromatic rings. The smallest absolute Gasteiger partial charge is 0.188 e. The van der Waals surface area contributed by atoms with Crippen LogP contribution in [0.3, 0.4) is 0 Å². The molecule has 0 amide bonds. The van der Waals surface area contributed by atoms with Crippen molar-refractivity contribution in [2.75, 3.05) is 13.9 Å². The molecule has 0 aliphatic heterocycles. The van der Waals surface area contributed by atoms with E-state index >= 15 is 0 Å². The first kappa shape index (κ1) is 29.1. The summed E-state index contributed by atoms with van der Waals surface area (Å²) in [6.07, 6.45) is 5.25. The summed E-state index contributed by atoms with van der Waals surface area (Å²) in [5.41, 5.74) is 7.35. The molecule has 0 N–H and O–H groups in total. The molecule has 0 fully saturated rings. The highest BCUT2D eigenvalue weighted by Crippen LogP contribution is 2.53. The van der Waals surface area contributed by atoms with Gasteiger partial charge in [-0.2, -0.15) is 0 Å². The van der Waals surface area contributed by atoms with Gasteiger partial charge in [-0.3, -0.25) is 4.99 Å². The number of para-hydroxylation sites is 1. The van der Waals surface area contributed by atoms with Crippen LogP contribution >= 0.6 is 8.58 Å². The van der Waals surface area contributed by atoms with Crippen LogP contribution in [-0.2, 0) is 15.3 Å². The number of methoxy groups -OCH3 is 1. The molecular formula is C33H44NO2P. The van der Waals surface area contributed by atoms with Gasteiger partial charge >= 0.3 is 0 Å². The third-order valence-corrected chi connectivity index (χ3v) is 9.32. The summed E-state index contributed by atoms with van der Waals surface area (Å²) >= 11 is 0. The monoisotopic (exact) mass is 517 g/mol. The molecule has 2 unspecified atom stereocenters. The summed E-state index contributed by atoms with van der Waals surface area (Å²) in [6, 6.07) is 21.4. The van der Waals surface area contributed by atoms with Crippen LogP contribution in [0.15, 0.2) is 65.7 Å². The number of hydrogen-bond acceptors (Lipinski definition) is 3. The van der Waals surface area contributed by atoms with Gasteiger partial charge < -0.3 is 9.47 Å². The lowest BCUT2D eigenvalue weighted by molar-refractivity contribution is 0.0493. The Kier molecular flexibility index (Phi) is 10.1. The molecular weight excluding hydrogens is 473 g/mol. The summed E-state index contributed by atoms with van der Waals surface area (Å²) in [6.45, 7) is 16.1. The minimum Gasteiger partial charge on any atom is -0.467 e. The maximum atomic E-state index is 6.30. The lowest BCUT2D eigenvalue weighted by atomic mass is 9.81. The molecule has 3 aromatic carbocycles. The molecule has 2 atom stereocenters. The van der Waals surface area contributed by atoms with Gasteiger partial charge in [0.15, 0.2) is 6.79 Å². The molecule has 198 valence electrons. The first-order valence-electron chi connectivity index (χ1n) is 13.4. The second-order valence-corrected chi connectivity index (χ2v) is 12.6. The van der Waals surface area contributed by atoms with Crippen LogP contribution in [0.2, 0.25) is 0 Å². The first-order valence-corrected chi connectivity index (χ1v) is 14.4. The Labute approximate surface area is 226 Å². The van der Waals surface area contributed by atoms with Crippen molar-refractivity contribution >= 4 is 25.8 Å². The summed E-state index contributed by atoms with van der Waals surface area (Å²) in [5.74, 6) is 0.978. The van der Waals surface area contributed by atoms with Gasteiger partial charge in [-0.15, -0.1) is 0 Å². The molecule has 0 saturated carbocycles. The summed E-state index contributed by atoms with van der Waals surface area (Å²) in [4.78, 5) is 4.81. The van der Waals surface area contributed by atoms with Crippen molar-refractivity contribution in [3.63, 3.8) is 0 Å². The number of hydrogen-bond donors (Lipinski definition) is 0. The van der Waals surface area contributed by atoms with E-state index in [0.29, 0.717) is 8.58 Å². The molecule has 0 aromatic heterocycles. The van der Waals surface area contributed by atoms with Gasteiger partial charge in [0.1, 0.15) is 5.75 Å². The lowest BCUT2D eigenvalue weighted by Gasteiger charge is -2.37. The fourth-order valence-electron chi connectivity index (χ4n) is 4.88. The number of nitrogens with zero attached hydrogens (tertiary/aromatic N) is 1. The first-order chi connectivity index (χ1) is 17.6. The lowest BCUT2D eigenvalue weighted by Crippen LogP contribution is -2.27. The number of benzene rings is 3. The van der Waals surface area contributed by atoms with E-state index in [0.717, 1.165) is 30.7 Å². The molecule has 0 radical (unpaired) electrons. The van der Waals surface area contributed by atoms with Gasteiger partial charge in [0, 0.05) is 29.6 Å². The second kappa shape index (κ2) is 12.9. The molecule has 0 heterocycles. The Morgan fingerprint density at radius 3 is 2.27 bits per heavy atom. The maximum Gasteiger partial charge on any atom is 0.188 e. The Morgan fingerprint density at radius 1 is 0.919 bits per heavy atom. The number of ether oxygens (including phenoxy) is 2. The zero-order valence-electron chi connectivity index (χ0n) is 23.9. The Morgan fingerprint density at radius 2 is 1.65 bits per heavy atom. The van der Waals surface area contributed by atoms with Crippen LogP contribution in [0, 0.1) is 13.8 Å². The van der Waals surface area contributed by atoms with E-state index in [1.165, 1.54) is 33.1 Å². The van der Waals surface area contributed by atoms with Crippen molar-refractivity contribution in [2.24, 2.45) is 4.99 Å². The van der Waals surface area contributed by atoms with E-state index in [1.807, 2.05) is 36.5 Å². The van der Waals surface area contributed by atoms with E-state index in [2.05, 4.69) is 78.8 Å². The van der Waals surface area contributed by atoms with Crippen LogP contribution in [0.25, 0.3) is 0 Å². The standard InChI is InChI=1S/C33H44NO2P/c1-9-19-33(10-2,29-21-27(32(5,6)7)20-25(4)30(29)36-23-35-8)37-31-24(3)15-14-16-26(31)22-34-28-17-12-11-13-18-28/h11-18,20-22,37H,9-10,19,23H2,1-8H3/b34-22+. The molecule has 0 spiro atoms. The van der Waals surface area contributed by atoms with Gasteiger partial charge in [0.25, 0.3) is 0 Å². The summed E-state index contributed by atoms with van der Waals surface area (Å²) < 4.78 is 11.7. The van der Waals surface area contributed by atoms with E-state index in [1.54, 1.807) is 7.11 Å². The van der Waals surface area contributed by atoms with Gasteiger partial charge in [-0.1, -0.05) is 98.2 Å². The highest BCUT2D eigenvalue weighted by Gasteiger charge is 2.36. The quantitative estimate of drug-likeness (QED) is 0.145. The minimum atomic E-state index is -0.0503. The molecule has 0 bridgehead atoms. The van der Waals surface area contributed by atoms with E-state index in [-0.39, 0.29) is 17.4 Å². The van der Waals surface area contributed by atoms with Crippen LogP contribution in [0.1, 0.15) is 81.7 Å². The molecule has 0 aliphatic carbocycles. The maximum absolute atomic E-state index is 6.30. The van der Waals surface area contributed by atoms with Crippen molar-refractivity contribution in [3.05, 3.63) is 88.5 Å². The van der Waals surface area contributed by atoms with Crippen molar-refractivity contribution < 1.29 is 9.47 Å². The third kappa shape index (κ3) is 7.09. The second-order valence-electron chi connectivity index (χ2n) is 10.9. The fraction of sp³-hybridized carbons (Fsp3) is 0.424. The zero-order valence-corrected chi connectivity index (χ0v) is 24.9. The van der Waals surface area contributed by atoms with Gasteiger partial charge in [-0.25, -0.2) is 0 Å². The summed E-state index contributed by atoms with van der Waals surface area (Å²) in [5, 5.41) is 1.33. The average Bonchev–Trinajstić information content (AvgIpc) is 2.87. The average molecular weight is 518 g/mol. The van der Waals surface area contributed by atoms with Gasteiger partial charge in [0.05, 0.1) is 5.69 Å². The van der Waals surface area contributed by atoms with Gasteiger partial charge in [0.2, 0.25) is 0 Å². The molecule has 3 nitrogen and oxygen atoms in total. The fourth-order valence-corrected chi connectivity index (χ4v) is 6.81. The molecule has 4 heteroatoms. The van der Waals surface area contributed by atoms with Crippen LogP contribution < -0.4 is 10.0 Å². The van der Waals surface area contributed by atoms with Crippen molar-refractivity contribution in [2.45, 2.75) is 78.3 Å². The van der Waals surface area contributed by atoms with Crippen LogP contribution in [-0.4, -0.2) is 20.1 Å². The van der Waals surface area contributed by atoms with Crippen LogP contribution in [0.4, 0.5) is 5.69 Å². The van der Waals surface area contributed by atoms with Crippen molar-refractivity contribution in [3.8, 4) is 5.75 Å². The molecule has 3 rings (SSSR count). The highest BCUT2D eigenvalue weighted by atomic mass is 31.1. The highest BCUT2D eigenvalue weighted by molar-refractivity contribution is 7.49. The number of aliphatic imine (C=N–C) groups is 1. The minimum absolute atomic E-state index is 0.0459. The predicted octanol–water partition coefficient (Wildman–Crippen LogP) is 8.74. The van der Waals surface area contributed by atoms with E-state index < -0.39 is 0 Å². The largest absolute Gasteiger partial charge is 0.467 e. The molecule has 0 aliphatic rings. The zero-order chi connectivity index (χ0) is 27.1. The SMILES string of the molecule is CCCC(CC)(Pc1c(C)cccc1/C=N/c1ccccc1)c1cc(C(C)(C)C)cc(C)c1OCOC. The van der Waals surface area contributed by atoms with E-state index in [9.17, 15) is 0 Å². The molecule has 0 saturated heterocycles. The van der Waals surface area contributed by atoms with Crippen molar-refractivity contribution in [1.29, 1.82) is 0 Å². The Hall–Kier alpha value is -2.48. The predicted molar refractivity (Wildman–Crippen MR) is 162 cm³/mol.